The third-order valence-corrected chi connectivity index (χ3v) is 8.30. The van der Waals surface area contributed by atoms with Gasteiger partial charge < -0.3 is 15.0 Å². The Morgan fingerprint density at radius 2 is 1.63 bits per heavy atom. The van der Waals surface area contributed by atoms with Crippen molar-refractivity contribution in [1.29, 1.82) is 0 Å². The lowest BCUT2D eigenvalue weighted by atomic mass is 10.1. The second-order valence-corrected chi connectivity index (χ2v) is 11.0. The quantitative estimate of drug-likeness (QED) is 0.354. The lowest BCUT2D eigenvalue weighted by Crippen LogP contribution is -2.51. The summed E-state index contributed by atoms with van der Waals surface area (Å²) in [7, 11) is -2.75. The Bertz CT molecular complexity index is 1390. The van der Waals surface area contributed by atoms with Gasteiger partial charge in [-0.3, -0.25) is 13.9 Å². The van der Waals surface area contributed by atoms with E-state index < -0.39 is 28.5 Å². The molecule has 202 valence electrons. The fraction of sp³-hybridized carbons (Fsp3) is 0.259. The second kappa shape index (κ2) is 13.0. The predicted molar refractivity (Wildman–Crippen MR) is 149 cm³/mol. The number of anilines is 1. The Morgan fingerprint density at radius 3 is 2.24 bits per heavy atom. The van der Waals surface area contributed by atoms with E-state index in [1.54, 1.807) is 56.3 Å². The van der Waals surface area contributed by atoms with Gasteiger partial charge in [0.1, 0.15) is 18.3 Å². The highest BCUT2D eigenvalue weighted by atomic mass is 35.5. The summed E-state index contributed by atoms with van der Waals surface area (Å²) in [5.74, 6) is -0.628. The molecule has 8 nitrogen and oxygen atoms in total. The first-order chi connectivity index (χ1) is 18.1. The highest BCUT2D eigenvalue weighted by Crippen LogP contribution is 2.32. The van der Waals surface area contributed by atoms with E-state index in [4.69, 9.17) is 27.9 Å². The first-order valence-corrected chi connectivity index (χ1v) is 14.0. The fourth-order valence-corrected chi connectivity index (χ4v) is 5.65. The van der Waals surface area contributed by atoms with Crippen molar-refractivity contribution < 1.29 is 22.7 Å². The van der Waals surface area contributed by atoms with Crippen LogP contribution in [0.5, 0.6) is 5.75 Å². The molecule has 3 aromatic rings. The molecular weight excluding hydrogens is 549 g/mol. The summed E-state index contributed by atoms with van der Waals surface area (Å²) in [6, 6.07) is 18.3. The molecule has 0 bridgehead atoms. The average molecular weight is 579 g/mol. The molecule has 0 aromatic heterocycles. The van der Waals surface area contributed by atoms with Crippen LogP contribution in [0.25, 0.3) is 0 Å². The van der Waals surface area contributed by atoms with Crippen LogP contribution >= 0.6 is 23.2 Å². The number of carbonyl (C=O) groups is 2. The van der Waals surface area contributed by atoms with Crippen LogP contribution < -0.4 is 14.4 Å². The fourth-order valence-electron chi connectivity index (χ4n) is 3.77. The Kier molecular flexibility index (Phi) is 10.0. The van der Waals surface area contributed by atoms with Crippen LogP contribution in [0, 0.1) is 0 Å². The molecule has 0 heterocycles. The third-order valence-electron chi connectivity index (χ3n) is 5.85. The molecule has 0 fully saturated rings. The van der Waals surface area contributed by atoms with Gasteiger partial charge >= 0.3 is 0 Å². The molecular formula is C27H29Cl2N3O5S. The molecule has 0 aliphatic heterocycles. The number of likely N-dealkylation sites (N-methyl/N-ethyl adjacent to an activating group) is 1. The van der Waals surface area contributed by atoms with Crippen LogP contribution in [-0.4, -0.2) is 51.4 Å². The second-order valence-electron chi connectivity index (χ2n) is 8.33. The maximum absolute atomic E-state index is 13.8. The molecule has 0 saturated carbocycles. The molecule has 38 heavy (non-hydrogen) atoms. The van der Waals surface area contributed by atoms with Crippen molar-refractivity contribution in [2.45, 2.75) is 31.3 Å². The van der Waals surface area contributed by atoms with E-state index in [0.717, 1.165) is 4.31 Å². The molecule has 3 aromatic carbocycles. The maximum Gasteiger partial charge on any atom is 0.264 e. The molecule has 0 aliphatic carbocycles. The van der Waals surface area contributed by atoms with Crippen LogP contribution in [0.3, 0.4) is 0 Å². The zero-order valence-corrected chi connectivity index (χ0v) is 23.6. The SMILES string of the molecule is CCNC(=O)C(C)N(Cc1ccccc1Cl)C(=O)CN(c1ccc(OC)c(Cl)c1)S(=O)(=O)c1ccccc1. The van der Waals surface area contributed by atoms with E-state index in [1.807, 2.05) is 0 Å². The highest BCUT2D eigenvalue weighted by Gasteiger charge is 2.33. The topological polar surface area (TPSA) is 96.0 Å². The van der Waals surface area contributed by atoms with E-state index >= 15 is 0 Å². The number of sulfonamides is 1. The number of ether oxygens (including phenoxy) is 1. The average Bonchev–Trinajstić information content (AvgIpc) is 2.91. The number of hydrogen-bond acceptors (Lipinski definition) is 5. The number of nitrogens with one attached hydrogen (secondary N) is 1. The third kappa shape index (κ3) is 6.78. The van der Waals surface area contributed by atoms with E-state index in [0.29, 0.717) is 22.9 Å². The summed E-state index contributed by atoms with van der Waals surface area (Å²) in [5, 5.41) is 3.31. The van der Waals surface area contributed by atoms with Crippen molar-refractivity contribution in [3.63, 3.8) is 0 Å². The van der Waals surface area contributed by atoms with E-state index in [1.165, 1.54) is 42.3 Å². The van der Waals surface area contributed by atoms with Gasteiger partial charge in [0.15, 0.2) is 0 Å². The lowest BCUT2D eigenvalue weighted by molar-refractivity contribution is -0.139. The maximum atomic E-state index is 13.8. The molecule has 0 spiro atoms. The normalized spacial score (nSPS) is 11.9. The van der Waals surface area contributed by atoms with Crippen molar-refractivity contribution in [3.05, 3.63) is 88.4 Å². The first-order valence-electron chi connectivity index (χ1n) is 11.8. The van der Waals surface area contributed by atoms with Crippen LogP contribution in [0.2, 0.25) is 10.0 Å². The molecule has 1 N–H and O–H groups in total. The van der Waals surface area contributed by atoms with Gasteiger partial charge in [-0.15, -0.1) is 0 Å². The largest absolute Gasteiger partial charge is 0.495 e. The zero-order valence-electron chi connectivity index (χ0n) is 21.2. The van der Waals surface area contributed by atoms with E-state index in [2.05, 4.69) is 5.32 Å². The minimum absolute atomic E-state index is 0.000594. The Hall–Kier alpha value is -3.27. The van der Waals surface area contributed by atoms with Crippen molar-refractivity contribution in [1.82, 2.24) is 10.2 Å². The van der Waals surface area contributed by atoms with Gasteiger partial charge in [0.25, 0.3) is 10.0 Å². The van der Waals surface area contributed by atoms with Crippen molar-refractivity contribution >= 4 is 50.7 Å². The molecule has 0 saturated heterocycles. The molecule has 0 radical (unpaired) electrons. The Balaban J connectivity index is 2.06. The van der Waals surface area contributed by atoms with Gasteiger partial charge in [0.05, 0.1) is 22.7 Å². The monoisotopic (exact) mass is 577 g/mol. The van der Waals surface area contributed by atoms with Crippen LogP contribution in [0.4, 0.5) is 5.69 Å². The first kappa shape index (κ1) is 29.3. The Morgan fingerprint density at radius 1 is 0.974 bits per heavy atom. The van der Waals surface area contributed by atoms with Gasteiger partial charge in [-0.05, 0) is 55.8 Å². The van der Waals surface area contributed by atoms with Gasteiger partial charge in [-0.25, -0.2) is 8.42 Å². The van der Waals surface area contributed by atoms with Gasteiger partial charge in [-0.1, -0.05) is 59.6 Å². The summed E-state index contributed by atoms with van der Waals surface area (Å²) in [6.45, 7) is 3.14. The number of benzene rings is 3. The molecule has 1 unspecified atom stereocenters. The molecule has 0 aliphatic rings. The van der Waals surface area contributed by atoms with Crippen LogP contribution in [-0.2, 0) is 26.2 Å². The van der Waals surface area contributed by atoms with Crippen molar-refractivity contribution in [2.75, 3.05) is 24.5 Å². The van der Waals surface area contributed by atoms with Crippen LogP contribution in [0.1, 0.15) is 19.4 Å². The van der Waals surface area contributed by atoms with E-state index in [9.17, 15) is 18.0 Å². The van der Waals surface area contributed by atoms with Crippen molar-refractivity contribution in [3.8, 4) is 5.75 Å². The Labute approximate surface area is 233 Å². The van der Waals surface area contributed by atoms with Gasteiger partial charge in [0, 0.05) is 18.1 Å². The summed E-state index contributed by atoms with van der Waals surface area (Å²) in [6.07, 6.45) is 0. The van der Waals surface area contributed by atoms with Crippen molar-refractivity contribution in [2.24, 2.45) is 0 Å². The number of halogens is 2. The number of nitrogens with zero attached hydrogens (tertiary/aromatic N) is 2. The number of methoxy groups -OCH3 is 1. The number of amides is 2. The number of rotatable bonds is 11. The van der Waals surface area contributed by atoms with Gasteiger partial charge in [-0.2, -0.15) is 0 Å². The number of hydrogen-bond donors (Lipinski definition) is 1. The standard InChI is InChI=1S/C27H29Cl2N3O5S/c1-4-30-27(34)19(2)31(17-20-10-8-9-13-23(20)28)26(33)18-32(21-14-15-25(37-3)24(29)16-21)38(35,36)22-11-6-5-7-12-22/h5-16,19H,4,17-18H2,1-3H3,(H,30,34). The van der Waals surface area contributed by atoms with E-state index in [-0.39, 0.29) is 28.1 Å². The molecule has 3 rings (SSSR count). The summed E-state index contributed by atoms with van der Waals surface area (Å²) >= 11 is 12.7. The molecule has 2 amide bonds. The highest BCUT2D eigenvalue weighted by molar-refractivity contribution is 7.92. The van der Waals surface area contributed by atoms with Crippen LogP contribution in [0.15, 0.2) is 77.7 Å². The lowest BCUT2D eigenvalue weighted by Gasteiger charge is -2.32. The molecule has 11 heteroatoms. The summed E-state index contributed by atoms with van der Waals surface area (Å²) in [4.78, 5) is 27.9. The number of carbonyl (C=O) groups excluding carboxylic acids is 2. The molecule has 1 atom stereocenters. The minimum atomic E-state index is -4.20. The van der Waals surface area contributed by atoms with Gasteiger partial charge in [0.2, 0.25) is 11.8 Å². The predicted octanol–water partition coefficient (Wildman–Crippen LogP) is 4.75. The zero-order chi connectivity index (χ0) is 27.9. The summed E-state index contributed by atoms with van der Waals surface area (Å²) in [5.41, 5.74) is 0.778. The smallest absolute Gasteiger partial charge is 0.264 e. The minimum Gasteiger partial charge on any atom is -0.495 e. The summed E-state index contributed by atoms with van der Waals surface area (Å²) < 4.78 is 33.7.